The number of H-pyrrole nitrogens is 1. The molecule has 7 heteroatoms. The predicted octanol–water partition coefficient (Wildman–Crippen LogP) is 2.06. The second kappa shape index (κ2) is 10.1. The van der Waals surface area contributed by atoms with Gasteiger partial charge in [-0.2, -0.15) is 0 Å². The van der Waals surface area contributed by atoms with E-state index in [0.717, 1.165) is 18.5 Å². The minimum Gasteiger partial charge on any atom is -0.469 e. The van der Waals surface area contributed by atoms with E-state index in [1.165, 1.54) is 18.1 Å². The normalized spacial score (nSPS) is 11.0. The monoisotopic (exact) mass is 430 g/mol. The molecular weight excluding hydrogens is 407 g/mol. The smallest absolute Gasteiger partial charge is 0.307 e. The van der Waals surface area contributed by atoms with Gasteiger partial charge in [-0.3, -0.25) is 9.79 Å². The van der Waals surface area contributed by atoms with Gasteiger partial charge in [0, 0.05) is 37.2 Å². The van der Waals surface area contributed by atoms with Crippen LogP contribution in [0.5, 0.6) is 0 Å². The quantitative estimate of drug-likeness (QED) is 0.284. The van der Waals surface area contributed by atoms with E-state index < -0.39 is 0 Å². The fraction of sp³-hybridized carbons (Fsp3) is 0.375. The zero-order valence-electron chi connectivity index (χ0n) is 13.4. The molecule has 0 spiro atoms. The molecule has 0 aliphatic carbocycles. The molecule has 3 N–H and O–H groups in total. The third kappa shape index (κ3) is 5.74. The summed E-state index contributed by atoms with van der Waals surface area (Å²) in [5.41, 5.74) is 2.42. The van der Waals surface area contributed by atoms with Gasteiger partial charge >= 0.3 is 5.97 Å². The average Bonchev–Trinajstić information content (AvgIpc) is 2.96. The van der Waals surface area contributed by atoms with Crippen molar-refractivity contribution in [3.05, 3.63) is 36.0 Å². The highest BCUT2D eigenvalue weighted by molar-refractivity contribution is 14.0. The minimum atomic E-state index is -0.234. The number of nitrogens with zero attached hydrogens (tertiary/aromatic N) is 1. The maximum absolute atomic E-state index is 11.0. The lowest BCUT2D eigenvalue weighted by Crippen LogP contribution is -2.39. The van der Waals surface area contributed by atoms with E-state index in [1.54, 1.807) is 7.05 Å². The van der Waals surface area contributed by atoms with E-state index in [-0.39, 0.29) is 29.9 Å². The lowest BCUT2D eigenvalue weighted by molar-refractivity contribution is -0.140. The highest BCUT2D eigenvalue weighted by Crippen LogP contribution is 2.17. The molecule has 0 aliphatic heterocycles. The molecule has 0 radical (unpaired) electrons. The molecule has 0 saturated heterocycles. The molecular formula is C16H23IN4O2. The number of carbonyl (C=O) groups excluding carboxylic acids is 1. The molecule has 0 saturated carbocycles. The van der Waals surface area contributed by atoms with Crippen LogP contribution in [0.25, 0.3) is 10.9 Å². The zero-order valence-corrected chi connectivity index (χ0v) is 15.7. The molecule has 0 amide bonds. The number of ether oxygens (including phenoxy) is 1. The second-order valence-corrected chi connectivity index (χ2v) is 4.86. The van der Waals surface area contributed by atoms with Crippen LogP contribution in [-0.4, -0.2) is 44.2 Å². The van der Waals surface area contributed by atoms with E-state index in [1.807, 2.05) is 18.3 Å². The summed E-state index contributed by atoms with van der Waals surface area (Å²) in [4.78, 5) is 18.4. The van der Waals surface area contributed by atoms with Gasteiger partial charge in [0.2, 0.25) is 0 Å². The van der Waals surface area contributed by atoms with Crippen LogP contribution in [0.15, 0.2) is 35.5 Å². The third-order valence-corrected chi connectivity index (χ3v) is 3.43. The Morgan fingerprint density at radius 3 is 2.74 bits per heavy atom. The standard InChI is InChI=1S/C16H22N4O2.HI/c1-17-16(19-10-8-15(21)22-2)18-9-7-12-11-20-14-6-4-3-5-13(12)14;/h3-6,11,20H,7-10H2,1-2H3,(H2,17,18,19);1H. The number of rotatable bonds is 6. The maximum Gasteiger partial charge on any atom is 0.307 e. The molecule has 0 bridgehead atoms. The topological polar surface area (TPSA) is 78.5 Å². The first-order valence-electron chi connectivity index (χ1n) is 7.31. The molecule has 0 fully saturated rings. The van der Waals surface area contributed by atoms with Crippen molar-refractivity contribution in [2.75, 3.05) is 27.2 Å². The van der Waals surface area contributed by atoms with Gasteiger partial charge in [0.1, 0.15) is 0 Å². The van der Waals surface area contributed by atoms with Crippen LogP contribution in [-0.2, 0) is 16.0 Å². The van der Waals surface area contributed by atoms with Crippen molar-refractivity contribution in [1.29, 1.82) is 0 Å². The molecule has 126 valence electrons. The molecule has 1 aromatic carbocycles. The van der Waals surface area contributed by atoms with E-state index in [2.05, 4.69) is 37.5 Å². The number of aliphatic imine (C=N–C) groups is 1. The first-order chi connectivity index (χ1) is 10.7. The first kappa shape index (κ1) is 19.3. The number of fused-ring (bicyclic) bond motifs is 1. The van der Waals surface area contributed by atoms with Crippen molar-refractivity contribution < 1.29 is 9.53 Å². The number of aromatic nitrogens is 1. The number of hydrogen-bond donors (Lipinski definition) is 3. The Balaban J connectivity index is 0.00000264. The second-order valence-electron chi connectivity index (χ2n) is 4.86. The largest absolute Gasteiger partial charge is 0.469 e. The predicted molar refractivity (Wildman–Crippen MR) is 103 cm³/mol. The number of guanidine groups is 1. The summed E-state index contributed by atoms with van der Waals surface area (Å²) >= 11 is 0. The SMILES string of the molecule is CN=C(NCCC(=O)OC)NCCc1c[nH]c2ccccc12.I. The number of hydrogen-bond acceptors (Lipinski definition) is 3. The summed E-state index contributed by atoms with van der Waals surface area (Å²) in [5.74, 6) is 0.450. The van der Waals surface area contributed by atoms with Crippen molar-refractivity contribution in [2.24, 2.45) is 4.99 Å². The van der Waals surface area contributed by atoms with Gasteiger partial charge in [-0.15, -0.1) is 24.0 Å². The van der Waals surface area contributed by atoms with Gasteiger partial charge in [-0.1, -0.05) is 18.2 Å². The Hall–Kier alpha value is -1.77. The first-order valence-corrected chi connectivity index (χ1v) is 7.31. The number of halogens is 1. The van der Waals surface area contributed by atoms with Crippen molar-refractivity contribution in [3.63, 3.8) is 0 Å². The maximum atomic E-state index is 11.0. The van der Waals surface area contributed by atoms with Crippen molar-refractivity contribution in [3.8, 4) is 0 Å². The van der Waals surface area contributed by atoms with Crippen LogP contribution in [0.1, 0.15) is 12.0 Å². The fourth-order valence-corrected chi connectivity index (χ4v) is 2.26. The van der Waals surface area contributed by atoms with Gasteiger partial charge in [0.15, 0.2) is 5.96 Å². The summed E-state index contributed by atoms with van der Waals surface area (Å²) in [6.45, 7) is 1.26. The Labute approximate surface area is 153 Å². The van der Waals surface area contributed by atoms with Crippen LogP contribution in [0.4, 0.5) is 0 Å². The summed E-state index contributed by atoms with van der Waals surface area (Å²) in [7, 11) is 3.09. The third-order valence-electron chi connectivity index (χ3n) is 3.43. The lowest BCUT2D eigenvalue weighted by atomic mass is 10.1. The molecule has 23 heavy (non-hydrogen) atoms. The number of carbonyl (C=O) groups is 1. The van der Waals surface area contributed by atoms with E-state index in [0.29, 0.717) is 18.9 Å². The Morgan fingerprint density at radius 1 is 1.26 bits per heavy atom. The molecule has 1 heterocycles. The van der Waals surface area contributed by atoms with Gasteiger partial charge < -0.3 is 20.4 Å². The molecule has 0 unspecified atom stereocenters. The number of para-hydroxylation sites is 1. The van der Waals surface area contributed by atoms with E-state index in [4.69, 9.17) is 0 Å². The summed E-state index contributed by atoms with van der Waals surface area (Å²) in [5, 5.41) is 7.57. The van der Waals surface area contributed by atoms with Crippen molar-refractivity contribution >= 4 is 46.8 Å². The van der Waals surface area contributed by atoms with E-state index >= 15 is 0 Å². The number of aromatic amines is 1. The summed E-state index contributed by atoms with van der Waals surface area (Å²) in [6, 6.07) is 8.25. The van der Waals surface area contributed by atoms with Crippen LogP contribution in [0.3, 0.4) is 0 Å². The number of esters is 1. The van der Waals surface area contributed by atoms with Crippen LogP contribution < -0.4 is 10.6 Å². The number of nitrogens with one attached hydrogen (secondary N) is 3. The van der Waals surface area contributed by atoms with Crippen LogP contribution in [0, 0.1) is 0 Å². The average molecular weight is 430 g/mol. The fourth-order valence-electron chi connectivity index (χ4n) is 2.26. The molecule has 2 aromatic rings. The van der Waals surface area contributed by atoms with Crippen LogP contribution in [0.2, 0.25) is 0 Å². The van der Waals surface area contributed by atoms with Crippen molar-refractivity contribution in [1.82, 2.24) is 15.6 Å². The molecule has 0 aliphatic rings. The highest BCUT2D eigenvalue weighted by Gasteiger charge is 2.04. The van der Waals surface area contributed by atoms with E-state index in [9.17, 15) is 4.79 Å². The van der Waals surface area contributed by atoms with Gasteiger partial charge in [-0.05, 0) is 18.1 Å². The molecule has 2 rings (SSSR count). The summed E-state index contributed by atoms with van der Waals surface area (Å²) in [6.07, 6.45) is 3.25. The zero-order chi connectivity index (χ0) is 15.8. The highest BCUT2D eigenvalue weighted by atomic mass is 127. The van der Waals surface area contributed by atoms with Gasteiger partial charge in [-0.25, -0.2) is 0 Å². The lowest BCUT2D eigenvalue weighted by Gasteiger charge is -2.11. The number of methoxy groups -OCH3 is 1. The minimum absolute atomic E-state index is 0. The number of benzene rings is 1. The summed E-state index contributed by atoms with van der Waals surface area (Å²) < 4.78 is 4.59. The molecule has 1 aromatic heterocycles. The molecule has 6 nitrogen and oxygen atoms in total. The van der Waals surface area contributed by atoms with Gasteiger partial charge in [0.25, 0.3) is 0 Å². The Morgan fingerprint density at radius 2 is 2.00 bits per heavy atom. The van der Waals surface area contributed by atoms with Crippen LogP contribution >= 0.6 is 24.0 Å². The molecule has 0 atom stereocenters. The van der Waals surface area contributed by atoms with Crippen molar-refractivity contribution in [2.45, 2.75) is 12.8 Å². The Kier molecular flexibility index (Phi) is 8.46. The Bertz CT molecular complexity index is 654. The van der Waals surface area contributed by atoms with Gasteiger partial charge in [0.05, 0.1) is 13.5 Å².